The molecule has 0 amide bonds. The molecule has 108 valence electrons. The van der Waals surface area contributed by atoms with Crippen LogP contribution in [-0.2, 0) is 9.47 Å². The van der Waals surface area contributed by atoms with Crippen LogP contribution in [0.25, 0.3) is 0 Å². The minimum atomic E-state index is -1.38. The van der Waals surface area contributed by atoms with Crippen LogP contribution in [0, 0.1) is 0 Å². The van der Waals surface area contributed by atoms with E-state index in [0.717, 1.165) is 19.3 Å². The van der Waals surface area contributed by atoms with Crippen molar-refractivity contribution in [2.45, 2.75) is 50.0 Å². The highest BCUT2D eigenvalue weighted by atomic mass is 16.7. The number of unbranched alkanes of at least 4 members (excludes halogenated alkanes) is 2. The van der Waals surface area contributed by atoms with Gasteiger partial charge in [0.2, 0.25) is 0 Å². The van der Waals surface area contributed by atoms with Crippen LogP contribution >= 0.6 is 0 Å². The van der Waals surface area contributed by atoms with Gasteiger partial charge in [-0.1, -0.05) is 0 Å². The predicted octanol–water partition coefficient (Wildman–Crippen LogP) is -2.07. The first-order valence-corrected chi connectivity index (χ1v) is 6.24. The summed E-state index contributed by atoms with van der Waals surface area (Å²) in [6.07, 6.45) is -3.42. The lowest BCUT2D eigenvalue weighted by Gasteiger charge is -2.39. The third-order valence-corrected chi connectivity index (χ3v) is 2.98. The lowest BCUT2D eigenvalue weighted by atomic mass is 9.99. The zero-order chi connectivity index (χ0) is 13.5. The lowest BCUT2D eigenvalue weighted by molar-refractivity contribution is -0.301. The van der Waals surface area contributed by atoms with E-state index >= 15 is 0 Å². The summed E-state index contributed by atoms with van der Waals surface area (Å²) in [6.45, 7) is 0.542. The number of hydrogen-bond donors (Lipinski definition) is 5. The lowest BCUT2D eigenvalue weighted by Crippen LogP contribution is -2.59. The van der Waals surface area contributed by atoms with Crippen molar-refractivity contribution in [2.24, 2.45) is 5.73 Å². The van der Waals surface area contributed by atoms with Crippen molar-refractivity contribution < 1.29 is 29.9 Å². The van der Waals surface area contributed by atoms with E-state index in [1.165, 1.54) is 0 Å². The van der Waals surface area contributed by atoms with Crippen LogP contribution < -0.4 is 5.73 Å². The molecule has 0 aromatic heterocycles. The average molecular weight is 265 g/mol. The molecule has 0 bridgehead atoms. The second-order valence-electron chi connectivity index (χ2n) is 4.42. The summed E-state index contributed by atoms with van der Waals surface area (Å²) < 4.78 is 10.5. The van der Waals surface area contributed by atoms with Crippen LogP contribution in [0.2, 0.25) is 0 Å². The third kappa shape index (κ3) is 4.13. The van der Waals surface area contributed by atoms with Crippen molar-refractivity contribution >= 4 is 0 Å². The Morgan fingerprint density at radius 1 is 1.00 bits per heavy atom. The smallest absolute Gasteiger partial charge is 0.186 e. The molecule has 0 unspecified atom stereocenters. The maximum atomic E-state index is 9.66. The molecule has 0 aromatic rings. The summed E-state index contributed by atoms with van der Waals surface area (Å²) in [4.78, 5) is 0. The van der Waals surface area contributed by atoms with Gasteiger partial charge in [-0.2, -0.15) is 0 Å². The number of rotatable bonds is 7. The highest BCUT2D eigenvalue weighted by Gasteiger charge is 2.43. The number of aliphatic hydroxyl groups excluding tert-OH is 4. The molecule has 6 N–H and O–H groups in total. The maximum Gasteiger partial charge on any atom is 0.186 e. The zero-order valence-corrected chi connectivity index (χ0v) is 10.3. The highest BCUT2D eigenvalue weighted by Crippen LogP contribution is 2.22. The maximum absolute atomic E-state index is 9.66. The van der Waals surface area contributed by atoms with E-state index in [4.69, 9.17) is 20.3 Å². The summed E-state index contributed by atoms with van der Waals surface area (Å²) in [5.74, 6) is 0. The van der Waals surface area contributed by atoms with Crippen LogP contribution in [0.4, 0.5) is 0 Å². The second-order valence-corrected chi connectivity index (χ2v) is 4.42. The van der Waals surface area contributed by atoms with Gasteiger partial charge in [-0.05, 0) is 25.8 Å². The van der Waals surface area contributed by atoms with Gasteiger partial charge < -0.3 is 35.6 Å². The molecule has 0 radical (unpaired) electrons. The van der Waals surface area contributed by atoms with E-state index in [-0.39, 0.29) is 0 Å². The molecule has 0 aromatic carbocycles. The Kier molecular flexibility index (Phi) is 7.02. The van der Waals surface area contributed by atoms with Gasteiger partial charge >= 0.3 is 0 Å². The van der Waals surface area contributed by atoms with E-state index in [0.29, 0.717) is 13.2 Å². The Morgan fingerprint density at radius 3 is 2.33 bits per heavy atom. The number of hydrogen-bond acceptors (Lipinski definition) is 7. The van der Waals surface area contributed by atoms with Gasteiger partial charge in [0.15, 0.2) is 6.29 Å². The Labute approximate surface area is 106 Å². The molecule has 1 aliphatic heterocycles. The molecule has 7 nitrogen and oxygen atoms in total. The predicted molar refractivity (Wildman–Crippen MR) is 62.6 cm³/mol. The average Bonchev–Trinajstić information content (AvgIpc) is 2.38. The fourth-order valence-electron chi connectivity index (χ4n) is 1.83. The fourth-order valence-corrected chi connectivity index (χ4v) is 1.83. The molecule has 1 heterocycles. The molecule has 18 heavy (non-hydrogen) atoms. The van der Waals surface area contributed by atoms with Gasteiger partial charge in [0, 0.05) is 6.61 Å². The van der Waals surface area contributed by atoms with Crippen molar-refractivity contribution in [2.75, 3.05) is 19.8 Å². The van der Waals surface area contributed by atoms with Crippen molar-refractivity contribution in [3.63, 3.8) is 0 Å². The Morgan fingerprint density at radius 2 is 1.72 bits per heavy atom. The monoisotopic (exact) mass is 265 g/mol. The van der Waals surface area contributed by atoms with Crippen molar-refractivity contribution in [3.05, 3.63) is 0 Å². The van der Waals surface area contributed by atoms with Crippen LogP contribution in [0.1, 0.15) is 19.3 Å². The number of aliphatic hydroxyl groups is 4. The minimum Gasteiger partial charge on any atom is -0.394 e. The van der Waals surface area contributed by atoms with Crippen molar-refractivity contribution in [3.8, 4) is 0 Å². The first kappa shape index (κ1) is 15.8. The molecule has 1 saturated heterocycles. The molecular formula is C11H23NO6. The third-order valence-electron chi connectivity index (χ3n) is 2.98. The minimum absolute atomic E-state index is 0.364. The topological polar surface area (TPSA) is 125 Å². The van der Waals surface area contributed by atoms with Crippen LogP contribution in [0.15, 0.2) is 0 Å². The van der Waals surface area contributed by atoms with Crippen LogP contribution in [0.5, 0.6) is 0 Å². The van der Waals surface area contributed by atoms with Gasteiger partial charge in [0.05, 0.1) is 6.61 Å². The first-order chi connectivity index (χ1) is 8.61. The normalized spacial score (nSPS) is 36.8. The molecule has 1 aliphatic rings. The van der Waals surface area contributed by atoms with Gasteiger partial charge in [-0.25, -0.2) is 0 Å². The molecular weight excluding hydrogens is 242 g/mol. The summed E-state index contributed by atoms with van der Waals surface area (Å²) in [5.41, 5.74) is 5.35. The van der Waals surface area contributed by atoms with Gasteiger partial charge in [0.1, 0.15) is 24.4 Å². The molecule has 7 heteroatoms. The van der Waals surface area contributed by atoms with E-state index in [9.17, 15) is 15.3 Å². The molecule has 1 fully saturated rings. The highest BCUT2D eigenvalue weighted by molar-refractivity contribution is 4.88. The van der Waals surface area contributed by atoms with Crippen molar-refractivity contribution in [1.29, 1.82) is 0 Å². The quantitative estimate of drug-likeness (QED) is 0.335. The first-order valence-electron chi connectivity index (χ1n) is 6.24. The van der Waals surface area contributed by atoms with E-state index in [1.807, 2.05) is 0 Å². The van der Waals surface area contributed by atoms with E-state index in [1.54, 1.807) is 0 Å². The van der Waals surface area contributed by atoms with E-state index < -0.39 is 37.3 Å². The van der Waals surface area contributed by atoms with Crippen LogP contribution in [-0.4, -0.2) is 70.9 Å². The zero-order valence-electron chi connectivity index (χ0n) is 10.3. The SMILES string of the molecule is NCCCCCO[C@H]1O[C@H](CO)[C@H](O)[C@H](O)[C@H]1O. The van der Waals surface area contributed by atoms with Crippen molar-refractivity contribution in [1.82, 2.24) is 0 Å². The Balaban J connectivity index is 2.35. The summed E-state index contributed by atoms with van der Waals surface area (Å²) in [6, 6.07) is 0. The van der Waals surface area contributed by atoms with Crippen LogP contribution in [0.3, 0.4) is 0 Å². The van der Waals surface area contributed by atoms with Gasteiger partial charge in [0.25, 0.3) is 0 Å². The molecule has 0 aliphatic carbocycles. The summed E-state index contributed by atoms with van der Waals surface area (Å²) in [7, 11) is 0. The second kappa shape index (κ2) is 8.00. The number of nitrogens with two attached hydrogens (primary N) is 1. The number of ether oxygens (including phenoxy) is 2. The van der Waals surface area contributed by atoms with Gasteiger partial charge in [-0.15, -0.1) is 0 Å². The molecule has 5 atom stereocenters. The molecule has 0 spiro atoms. The summed E-state index contributed by atoms with van der Waals surface area (Å²) in [5, 5.41) is 37.7. The van der Waals surface area contributed by atoms with Gasteiger partial charge in [-0.3, -0.25) is 0 Å². The Bertz CT molecular complexity index is 228. The largest absolute Gasteiger partial charge is 0.394 e. The fraction of sp³-hybridized carbons (Fsp3) is 1.00. The van der Waals surface area contributed by atoms with E-state index in [2.05, 4.69) is 0 Å². The Hall–Kier alpha value is -0.280. The molecule has 1 rings (SSSR count). The summed E-state index contributed by atoms with van der Waals surface area (Å²) >= 11 is 0. The molecule has 0 saturated carbocycles. The standard InChI is InChI=1S/C11H23NO6/c12-4-2-1-3-5-17-11-10(16)9(15)8(14)7(6-13)18-11/h7-11,13-16H,1-6,12H2/t7-,8+,9+,10-,11+/m1/s1.